The number of hydrogen-bond donors (Lipinski definition) is 2. The molecule has 0 bridgehead atoms. The number of phenols is 1. The van der Waals surface area contributed by atoms with Gasteiger partial charge in [-0.1, -0.05) is 12.1 Å². The highest BCUT2D eigenvalue weighted by molar-refractivity contribution is 5.94. The highest BCUT2D eigenvalue weighted by Gasteiger charge is 2.31. The fraction of sp³-hybridized carbons (Fsp3) is 0.200. The number of amides is 1. The number of methoxy groups -OCH3 is 2. The molecular formula is C20H19N3O4. The summed E-state index contributed by atoms with van der Waals surface area (Å²) in [6.07, 6.45) is 1.96. The Bertz CT molecular complexity index is 1010. The molecule has 4 rings (SSSR count). The summed E-state index contributed by atoms with van der Waals surface area (Å²) in [5.74, 6) is 1.46. The molecule has 3 aromatic rings. The summed E-state index contributed by atoms with van der Waals surface area (Å²) in [5.41, 5.74) is 2.47. The van der Waals surface area contributed by atoms with Crippen LogP contribution in [0.1, 0.15) is 23.6 Å². The summed E-state index contributed by atoms with van der Waals surface area (Å²) in [6, 6.07) is 12.6. The largest absolute Gasteiger partial charge is 0.504 e. The van der Waals surface area contributed by atoms with Gasteiger partial charge in [0, 0.05) is 18.4 Å². The molecule has 2 aromatic carbocycles. The maximum atomic E-state index is 12.4. The second-order valence-electron chi connectivity index (χ2n) is 6.29. The van der Waals surface area contributed by atoms with Crippen molar-refractivity contribution in [1.29, 1.82) is 0 Å². The lowest BCUT2D eigenvalue weighted by molar-refractivity contribution is -0.116. The summed E-state index contributed by atoms with van der Waals surface area (Å²) in [4.78, 5) is 16.9. The number of benzene rings is 2. The topological polar surface area (TPSA) is 85.6 Å². The number of carbonyl (C=O) groups is 1. The van der Waals surface area contributed by atoms with Crippen molar-refractivity contribution in [2.24, 2.45) is 0 Å². The lowest BCUT2D eigenvalue weighted by Crippen LogP contribution is -2.24. The van der Waals surface area contributed by atoms with Gasteiger partial charge < -0.3 is 19.9 Å². The first-order chi connectivity index (χ1) is 13.1. The molecule has 0 radical (unpaired) electrons. The Kier molecular flexibility index (Phi) is 4.19. The van der Waals surface area contributed by atoms with E-state index in [1.165, 1.54) is 7.11 Å². The summed E-state index contributed by atoms with van der Waals surface area (Å²) >= 11 is 0. The van der Waals surface area contributed by atoms with Crippen molar-refractivity contribution in [1.82, 2.24) is 9.55 Å². The minimum Gasteiger partial charge on any atom is -0.504 e. The zero-order valence-corrected chi connectivity index (χ0v) is 15.0. The molecule has 2 heterocycles. The number of phenolic OH excluding ortho intramolecular Hbond substituents is 1. The normalized spacial score (nSPS) is 15.8. The first-order valence-corrected chi connectivity index (χ1v) is 8.49. The Morgan fingerprint density at radius 3 is 2.81 bits per heavy atom. The Morgan fingerprint density at radius 1 is 1.19 bits per heavy atom. The van der Waals surface area contributed by atoms with Crippen LogP contribution in [0.25, 0.3) is 5.69 Å². The maximum Gasteiger partial charge on any atom is 0.226 e. The van der Waals surface area contributed by atoms with Gasteiger partial charge in [-0.3, -0.25) is 9.36 Å². The number of imidazole rings is 1. The smallest absolute Gasteiger partial charge is 0.226 e. The zero-order chi connectivity index (χ0) is 19.0. The predicted octanol–water partition coefficient (Wildman–Crippen LogP) is 3.07. The van der Waals surface area contributed by atoms with E-state index in [2.05, 4.69) is 10.3 Å². The quantitative estimate of drug-likeness (QED) is 0.742. The highest BCUT2D eigenvalue weighted by Crippen LogP contribution is 2.40. The van der Waals surface area contributed by atoms with Crippen LogP contribution in [0, 0.1) is 0 Å². The van der Waals surface area contributed by atoms with Crippen molar-refractivity contribution in [3.63, 3.8) is 0 Å². The second-order valence-corrected chi connectivity index (χ2v) is 6.29. The van der Waals surface area contributed by atoms with E-state index in [4.69, 9.17) is 9.47 Å². The van der Waals surface area contributed by atoms with Crippen LogP contribution < -0.4 is 14.8 Å². The molecule has 7 nitrogen and oxygen atoms in total. The highest BCUT2D eigenvalue weighted by atomic mass is 16.5. The van der Waals surface area contributed by atoms with Crippen LogP contribution in [0.15, 0.2) is 48.8 Å². The number of fused-ring (bicyclic) bond motifs is 1. The van der Waals surface area contributed by atoms with E-state index < -0.39 is 0 Å². The molecule has 1 atom stereocenters. The number of nitrogens with one attached hydrogen (secondary N) is 1. The van der Waals surface area contributed by atoms with Crippen molar-refractivity contribution < 1.29 is 19.4 Å². The number of aromatic nitrogens is 2. The first-order valence-electron chi connectivity index (χ1n) is 8.49. The van der Waals surface area contributed by atoms with Gasteiger partial charge in [0.05, 0.1) is 25.6 Å². The second kappa shape index (κ2) is 6.68. The van der Waals surface area contributed by atoms with Crippen molar-refractivity contribution in [3.8, 4) is 22.9 Å². The van der Waals surface area contributed by atoms with Gasteiger partial charge >= 0.3 is 0 Å². The van der Waals surface area contributed by atoms with Crippen LogP contribution >= 0.6 is 0 Å². The molecule has 0 aliphatic carbocycles. The van der Waals surface area contributed by atoms with Crippen LogP contribution in [0.5, 0.6) is 17.2 Å². The summed E-state index contributed by atoms with van der Waals surface area (Å²) in [6.45, 7) is 0. The number of aromatic hydroxyl groups is 1. The van der Waals surface area contributed by atoms with E-state index in [0.717, 1.165) is 22.7 Å². The maximum absolute atomic E-state index is 12.4. The monoisotopic (exact) mass is 365 g/mol. The minimum atomic E-state index is -0.227. The van der Waals surface area contributed by atoms with Gasteiger partial charge in [-0.15, -0.1) is 0 Å². The standard InChI is InChI=1S/C20H19N3O4/c1-26-14-5-3-4-13(9-14)23-11-21-19-15(10-18(25)22-20(19)23)12-6-7-16(24)17(8-12)27-2/h3-9,11,15,24H,10H2,1-2H3,(H,22,25)/t15-/m1/s1. The molecule has 7 heteroatoms. The van der Waals surface area contributed by atoms with Crippen LogP contribution in [0.4, 0.5) is 5.82 Å². The number of rotatable bonds is 4. The summed E-state index contributed by atoms with van der Waals surface area (Å²) in [7, 11) is 3.11. The van der Waals surface area contributed by atoms with Crippen molar-refractivity contribution >= 4 is 11.7 Å². The van der Waals surface area contributed by atoms with E-state index in [1.54, 1.807) is 31.6 Å². The van der Waals surface area contributed by atoms with Crippen molar-refractivity contribution in [3.05, 3.63) is 60.0 Å². The third-order valence-electron chi connectivity index (χ3n) is 4.71. The van der Waals surface area contributed by atoms with E-state index in [9.17, 15) is 9.90 Å². The van der Waals surface area contributed by atoms with Gasteiger partial charge in [-0.25, -0.2) is 4.98 Å². The Balaban J connectivity index is 1.80. The van der Waals surface area contributed by atoms with Gasteiger partial charge in [-0.05, 0) is 29.8 Å². The van der Waals surface area contributed by atoms with E-state index in [0.29, 0.717) is 11.6 Å². The van der Waals surface area contributed by atoms with Gasteiger partial charge in [0.1, 0.15) is 17.9 Å². The molecule has 0 spiro atoms. The number of hydrogen-bond acceptors (Lipinski definition) is 5. The molecule has 27 heavy (non-hydrogen) atoms. The molecule has 138 valence electrons. The predicted molar refractivity (Wildman–Crippen MR) is 99.9 cm³/mol. The average molecular weight is 365 g/mol. The lowest BCUT2D eigenvalue weighted by atomic mass is 9.89. The molecule has 0 saturated carbocycles. The molecule has 0 saturated heterocycles. The Hall–Kier alpha value is -3.48. The van der Waals surface area contributed by atoms with Crippen molar-refractivity contribution in [2.75, 3.05) is 19.5 Å². The third kappa shape index (κ3) is 2.97. The van der Waals surface area contributed by atoms with Crippen LogP contribution in [-0.4, -0.2) is 34.8 Å². The Labute approximate surface area is 156 Å². The molecule has 1 amide bonds. The number of ether oxygens (including phenoxy) is 2. The van der Waals surface area contributed by atoms with Crippen LogP contribution in [-0.2, 0) is 4.79 Å². The van der Waals surface area contributed by atoms with Gasteiger partial charge in [0.25, 0.3) is 0 Å². The Morgan fingerprint density at radius 2 is 2.04 bits per heavy atom. The molecule has 0 fully saturated rings. The average Bonchev–Trinajstić information content (AvgIpc) is 3.11. The fourth-order valence-corrected chi connectivity index (χ4v) is 3.35. The van der Waals surface area contributed by atoms with E-state index in [-0.39, 0.29) is 24.0 Å². The minimum absolute atomic E-state index is 0.0589. The summed E-state index contributed by atoms with van der Waals surface area (Å²) in [5, 5.41) is 12.8. The van der Waals surface area contributed by atoms with Gasteiger partial charge in [-0.2, -0.15) is 0 Å². The van der Waals surface area contributed by atoms with E-state index in [1.807, 2.05) is 28.8 Å². The zero-order valence-electron chi connectivity index (χ0n) is 15.0. The van der Waals surface area contributed by atoms with Gasteiger partial charge in [0.2, 0.25) is 5.91 Å². The van der Waals surface area contributed by atoms with Crippen LogP contribution in [0.2, 0.25) is 0 Å². The SMILES string of the molecule is COc1cccc(-n2cnc3c2NC(=O)C[C@@H]3c2ccc(O)c(OC)c2)c1. The van der Waals surface area contributed by atoms with Crippen molar-refractivity contribution in [2.45, 2.75) is 12.3 Å². The number of carbonyl (C=O) groups excluding carboxylic acids is 1. The molecule has 0 unspecified atom stereocenters. The molecule has 1 aliphatic heterocycles. The molecular weight excluding hydrogens is 346 g/mol. The number of anilines is 1. The molecule has 1 aromatic heterocycles. The van der Waals surface area contributed by atoms with Gasteiger partial charge in [0.15, 0.2) is 11.5 Å². The molecule has 1 aliphatic rings. The summed E-state index contributed by atoms with van der Waals surface area (Å²) < 4.78 is 12.3. The number of nitrogens with zero attached hydrogens (tertiary/aromatic N) is 2. The third-order valence-corrected chi connectivity index (χ3v) is 4.71. The van der Waals surface area contributed by atoms with E-state index >= 15 is 0 Å². The molecule has 2 N–H and O–H groups in total. The lowest BCUT2D eigenvalue weighted by Gasteiger charge is -2.24. The fourth-order valence-electron chi connectivity index (χ4n) is 3.35. The van der Waals surface area contributed by atoms with Crippen LogP contribution in [0.3, 0.4) is 0 Å². The first kappa shape index (κ1) is 17.0.